The van der Waals surface area contributed by atoms with Crippen molar-refractivity contribution in [3.8, 4) is 28.6 Å². The Morgan fingerprint density at radius 1 is 1.15 bits per heavy atom. The number of carbonyl (C=O) groups excluding carboxylic acids is 2. The first-order chi connectivity index (χ1) is 19.3. The highest BCUT2D eigenvalue weighted by molar-refractivity contribution is 7.21. The zero-order valence-corrected chi connectivity index (χ0v) is 21.8. The molecule has 0 aliphatic rings. The van der Waals surface area contributed by atoms with Crippen LogP contribution in [0.15, 0.2) is 59.3 Å². The fourth-order valence-electron chi connectivity index (χ4n) is 3.97. The molecule has 5 aromatic rings. The highest BCUT2D eigenvalue weighted by Crippen LogP contribution is 2.43. The molecule has 0 saturated heterocycles. The van der Waals surface area contributed by atoms with E-state index in [-0.39, 0.29) is 44.5 Å². The lowest BCUT2D eigenvalue weighted by atomic mass is 10.1. The Morgan fingerprint density at radius 3 is 2.52 bits per heavy atom. The van der Waals surface area contributed by atoms with Gasteiger partial charge >= 0.3 is 0 Å². The zero-order valence-electron chi connectivity index (χ0n) is 21.0. The molecule has 14 heteroatoms. The standard InChI is InChI=1S/C26H21F2N5O6S/c1-36-17-5-3-6-18(37-2)21(17)39-12-33-9-8-14(32-33)25(35)31-20-19-13(16-7-4-10-38-16)11-15(23(27)28)30-26(19)40-22(20)24(29)34/h3-11,23H,12H2,1-2H3,(H2,29,34)(H,31,35). The largest absolute Gasteiger partial charge is 0.493 e. The minimum absolute atomic E-state index is 0.0120. The van der Waals surface area contributed by atoms with E-state index in [1.165, 1.54) is 37.4 Å². The Hall–Kier alpha value is -4.98. The Bertz CT molecular complexity index is 1680. The van der Waals surface area contributed by atoms with Crippen LogP contribution in [0.4, 0.5) is 14.5 Å². The van der Waals surface area contributed by atoms with Gasteiger partial charge in [0.05, 0.1) is 26.2 Å². The van der Waals surface area contributed by atoms with Crippen LogP contribution >= 0.6 is 11.3 Å². The molecule has 206 valence electrons. The topological polar surface area (TPSA) is 144 Å². The number of nitrogens with one attached hydrogen (secondary N) is 1. The van der Waals surface area contributed by atoms with Crippen LogP contribution in [0.2, 0.25) is 0 Å². The number of pyridine rings is 1. The van der Waals surface area contributed by atoms with E-state index >= 15 is 0 Å². The SMILES string of the molecule is COc1cccc(OC)c1OCn1ccc(C(=O)Nc2c(C(N)=O)sc3nc(C(F)F)cc(-c4ccco4)c23)n1. The average molecular weight is 570 g/mol. The summed E-state index contributed by atoms with van der Waals surface area (Å²) in [6, 6.07) is 10.9. The van der Waals surface area contributed by atoms with Gasteiger partial charge in [0, 0.05) is 17.1 Å². The number of anilines is 1. The zero-order chi connectivity index (χ0) is 28.4. The number of thiophene rings is 1. The van der Waals surface area contributed by atoms with Gasteiger partial charge < -0.3 is 29.7 Å². The number of carbonyl (C=O) groups is 2. The fraction of sp³-hybridized carbons (Fsp3) is 0.154. The van der Waals surface area contributed by atoms with Crippen LogP contribution in [0.25, 0.3) is 21.5 Å². The third kappa shape index (κ3) is 5.03. The van der Waals surface area contributed by atoms with Crippen LogP contribution < -0.4 is 25.3 Å². The predicted molar refractivity (Wildman–Crippen MR) is 141 cm³/mol. The monoisotopic (exact) mass is 569 g/mol. The number of benzene rings is 1. The number of halogens is 2. The highest BCUT2D eigenvalue weighted by Gasteiger charge is 2.26. The number of primary amides is 1. The molecule has 1 aromatic carbocycles. The molecule has 5 rings (SSSR count). The third-order valence-electron chi connectivity index (χ3n) is 5.75. The van der Waals surface area contributed by atoms with Gasteiger partial charge in [0.25, 0.3) is 18.2 Å². The first-order valence-electron chi connectivity index (χ1n) is 11.6. The maximum absolute atomic E-state index is 13.6. The number of methoxy groups -OCH3 is 2. The maximum atomic E-state index is 13.6. The van der Waals surface area contributed by atoms with Gasteiger partial charge in [0.1, 0.15) is 21.2 Å². The maximum Gasteiger partial charge on any atom is 0.280 e. The van der Waals surface area contributed by atoms with E-state index in [1.54, 1.807) is 30.3 Å². The van der Waals surface area contributed by atoms with Crippen molar-refractivity contribution >= 4 is 39.1 Å². The van der Waals surface area contributed by atoms with E-state index in [0.29, 0.717) is 17.2 Å². The van der Waals surface area contributed by atoms with Gasteiger partial charge in [-0.3, -0.25) is 9.59 Å². The smallest absolute Gasteiger partial charge is 0.280 e. The van der Waals surface area contributed by atoms with Gasteiger partial charge in [-0.25, -0.2) is 18.4 Å². The second kappa shape index (κ2) is 11.0. The van der Waals surface area contributed by atoms with E-state index in [1.807, 2.05) is 0 Å². The number of hydrogen-bond donors (Lipinski definition) is 2. The minimum Gasteiger partial charge on any atom is -0.493 e. The number of hydrogen-bond acceptors (Lipinski definition) is 9. The molecule has 11 nitrogen and oxygen atoms in total. The second-order valence-electron chi connectivity index (χ2n) is 8.18. The molecule has 2 amide bonds. The lowest BCUT2D eigenvalue weighted by molar-refractivity contribution is 0.100. The molecule has 0 atom stereocenters. The molecule has 4 heterocycles. The number of nitrogens with zero attached hydrogens (tertiary/aromatic N) is 3. The van der Waals surface area contributed by atoms with Gasteiger partial charge in [-0.1, -0.05) is 6.07 Å². The van der Waals surface area contributed by atoms with E-state index in [4.69, 9.17) is 24.4 Å². The van der Waals surface area contributed by atoms with Crippen molar-refractivity contribution in [2.75, 3.05) is 19.5 Å². The number of fused-ring (bicyclic) bond motifs is 1. The van der Waals surface area contributed by atoms with Crippen molar-refractivity contribution < 1.29 is 37.0 Å². The number of alkyl halides is 2. The van der Waals surface area contributed by atoms with Crippen LogP contribution in [-0.4, -0.2) is 40.8 Å². The normalized spacial score (nSPS) is 11.1. The van der Waals surface area contributed by atoms with Gasteiger partial charge in [0.2, 0.25) is 5.75 Å². The van der Waals surface area contributed by atoms with Crippen molar-refractivity contribution in [2.24, 2.45) is 5.73 Å². The van der Waals surface area contributed by atoms with Gasteiger partial charge in [-0.2, -0.15) is 5.10 Å². The van der Waals surface area contributed by atoms with Crippen LogP contribution in [-0.2, 0) is 6.73 Å². The number of furan rings is 1. The number of para-hydroxylation sites is 1. The van der Waals surface area contributed by atoms with Gasteiger partial charge in [0.15, 0.2) is 23.9 Å². The molecule has 0 aliphatic carbocycles. The lowest BCUT2D eigenvalue weighted by Gasteiger charge is -2.13. The molecular formula is C26H21F2N5O6S. The van der Waals surface area contributed by atoms with E-state index in [9.17, 15) is 18.4 Å². The molecule has 0 unspecified atom stereocenters. The number of amides is 2. The summed E-state index contributed by atoms with van der Waals surface area (Å²) in [4.78, 5) is 29.5. The third-order valence-corrected chi connectivity index (χ3v) is 6.85. The predicted octanol–water partition coefficient (Wildman–Crippen LogP) is 5.10. The molecule has 3 N–H and O–H groups in total. The average Bonchev–Trinajstić information content (AvgIpc) is 3.71. The number of rotatable bonds is 10. The van der Waals surface area contributed by atoms with Gasteiger partial charge in [-0.05, 0) is 36.4 Å². The van der Waals surface area contributed by atoms with Gasteiger partial charge in [-0.15, -0.1) is 11.3 Å². The lowest BCUT2D eigenvalue weighted by Crippen LogP contribution is -2.18. The van der Waals surface area contributed by atoms with Crippen LogP contribution in [0.5, 0.6) is 17.2 Å². The molecule has 4 aromatic heterocycles. The molecule has 40 heavy (non-hydrogen) atoms. The Labute approximate surface area is 229 Å². The Morgan fingerprint density at radius 2 is 1.90 bits per heavy atom. The Kier molecular flexibility index (Phi) is 7.33. The number of aromatic nitrogens is 3. The molecule has 0 bridgehead atoms. The summed E-state index contributed by atoms with van der Waals surface area (Å²) in [6.45, 7) is -0.0824. The summed E-state index contributed by atoms with van der Waals surface area (Å²) in [5.41, 5.74) is 5.28. The number of nitrogens with two attached hydrogens (primary N) is 1. The number of ether oxygens (including phenoxy) is 3. The van der Waals surface area contributed by atoms with E-state index in [0.717, 1.165) is 17.4 Å². The molecule has 0 radical (unpaired) electrons. The quantitative estimate of drug-likeness (QED) is 0.237. The van der Waals surface area contributed by atoms with Crippen molar-refractivity contribution in [3.63, 3.8) is 0 Å². The van der Waals surface area contributed by atoms with Crippen LogP contribution in [0.3, 0.4) is 0 Å². The van der Waals surface area contributed by atoms with E-state index in [2.05, 4.69) is 15.4 Å². The second-order valence-corrected chi connectivity index (χ2v) is 9.18. The van der Waals surface area contributed by atoms with Crippen LogP contribution in [0, 0.1) is 0 Å². The van der Waals surface area contributed by atoms with Crippen LogP contribution in [0.1, 0.15) is 32.3 Å². The summed E-state index contributed by atoms with van der Waals surface area (Å²) in [5, 5.41) is 7.12. The Balaban J connectivity index is 1.46. The van der Waals surface area contributed by atoms with Crippen molar-refractivity contribution in [1.82, 2.24) is 14.8 Å². The molecule has 0 fully saturated rings. The summed E-state index contributed by atoms with van der Waals surface area (Å²) in [6.07, 6.45) is 0.0122. The summed E-state index contributed by atoms with van der Waals surface area (Å²) in [5.74, 6) is -0.0589. The highest BCUT2D eigenvalue weighted by atomic mass is 32.1. The van der Waals surface area contributed by atoms with Crippen molar-refractivity contribution in [1.29, 1.82) is 0 Å². The summed E-state index contributed by atoms with van der Waals surface area (Å²) >= 11 is 0.785. The molecular weight excluding hydrogens is 548 g/mol. The molecule has 0 saturated carbocycles. The van der Waals surface area contributed by atoms with Crippen molar-refractivity contribution in [3.05, 3.63) is 71.2 Å². The van der Waals surface area contributed by atoms with Crippen molar-refractivity contribution in [2.45, 2.75) is 13.2 Å². The first kappa shape index (κ1) is 26.6. The molecule has 0 spiro atoms. The van der Waals surface area contributed by atoms with E-state index < -0.39 is 23.9 Å². The fourth-order valence-corrected chi connectivity index (χ4v) is 4.98. The summed E-state index contributed by atoms with van der Waals surface area (Å²) < 4.78 is 50.4. The minimum atomic E-state index is -2.88. The molecule has 0 aliphatic heterocycles. The summed E-state index contributed by atoms with van der Waals surface area (Å²) in [7, 11) is 2.99. The first-order valence-corrected chi connectivity index (χ1v) is 12.4.